The first-order chi connectivity index (χ1) is 10.8. The Labute approximate surface area is 171 Å². The van der Waals surface area contributed by atoms with E-state index in [1.165, 1.54) is 31.4 Å². The molecule has 8 heteroatoms. The van der Waals surface area contributed by atoms with Crippen LogP contribution in [0.4, 0.5) is 0 Å². The third kappa shape index (κ3) is 9.39. The van der Waals surface area contributed by atoms with Crippen LogP contribution in [0.3, 0.4) is 0 Å². The first-order valence-corrected chi connectivity index (χ1v) is 9.65. The number of esters is 1. The van der Waals surface area contributed by atoms with Crippen molar-refractivity contribution in [3.05, 3.63) is 24.3 Å². The number of carbonyl (C=O) groups is 1. The first-order valence-electron chi connectivity index (χ1n) is 7.78. The van der Waals surface area contributed by atoms with Gasteiger partial charge in [0.05, 0.1) is 4.90 Å². The second-order valence-electron chi connectivity index (χ2n) is 5.39. The van der Waals surface area contributed by atoms with Gasteiger partial charge in [0.2, 0.25) is 0 Å². The van der Waals surface area contributed by atoms with Crippen LogP contribution in [0.25, 0.3) is 0 Å². The minimum absolute atomic E-state index is 0. The van der Waals surface area contributed by atoms with Crippen LogP contribution in [0.2, 0.25) is 0 Å². The number of ether oxygens (including phenoxy) is 1. The fourth-order valence-electron chi connectivity index (χ4n) is 2.08. The van der Waals surface area contributed by atoms with Crippen LogP contribution in [-0.2, 0) is 14.9 Å². The maximum absolute atomic E-state index is 11.8. The molecule has 0 fully saturated rings. The molecule has 132 valence electrons. The van der Waals surface area contributed by atoms with Gasteiger partial charge in [-0.3, -0.25) is 9.35 Å². The van der Waals surface area contributed by atoms with Crippen molar-refractivity contribution in [1.82, 2.24) is 0 Å². The van der Waals surface area contributed by atoms with Crippen LogP contribution in [0.1, 0.15) is 51.9 Å². The predicted octanol–water partition coefficient (Wildman–Crippen LogP) is 3.55. The zero-order chi connectivity index (χ0) is 17.3. The third-order valence-corrected chi connectivity index (χ3v) is 4.67. The van der Waals surface area contributed by atoms with Gasteiger partial charge in [0.1, 0.15) is 11.1 Å². The molecule has 0 spiro atoms. The Morgan fingerprint density at radius 1 is 1.12 bits per heavy atom. The molecule has 0 heterocycles. The molecule has 0 aliphatic carbocycles. The van der Waals surface area contributed by atoms with Gasteiger partial charge in [0.25, 0.3) is 10.1 Å². The van der Waals surface area contributed by atoms with Crippen LogP contribution in [0.15, 0.2) is 29.2 Å². The molecule has 0 aliphatic rings. The molecule has 1 rings (SSSR count). The Morgan fingerprint density at radius 2 is 1.67 bits per heavy atom. The van der Waals surface area contributed by atoms with Crippen LogP contribution < -0.4 is 4.74 Å². The molecular weight excluding hydrogens is 363 g/mol. The van der Waals surface area contributed by atoms with Crippen LogP contribution in [0.5, 0.6) is 5.75 Å². The van der Waals surface area contributed by atoms with E-state index in [1.807, 2.05) is 0 Å². The summed E-state index contributed by atoms with van der Waals surface area (Å²) in [7, 11) is -4.25. The number of rotatable bonds is 10. The average Bonchev–Trinajstić information content (AvgIpc) is 2.50. The first kappa shape index (κ1) is 23.9. The van der Waals surface area contributed by atoms with E-state index in [1.54, 1.807) is 0 Å². The van der Waals surface area contributed by atoms with Gasteiger partial charge in [-0.2, -0.15) is 8.42 Å². The molecule has 0 radical (unpaired) electrons. The van der Waals surface area contributed by atoms with Crippen LogP contribution in [-0.4, -0.2) is 53.9 Å². The standard InChI is InChI=1S/C16H23ClO5S.Na.H/c1-2-3-4-5-6-7-8-15(17)16(18)22-13-9-11-14(12-10-13)23(19,20)21;;/h9-12,15H,2-8H2,1H3,(H,19,20,21);;. The molecule has 1 aromatic rings. The normalized spacial score (nSPS) is 12.3. The van der Waals surface area contributed by atoms with Crippen molar-refractivity contribution in [3.63, 3.8) is 0 Å². The number of hydrogen-bond acceptors (Lipinski definition) is 4. The molecule has 0 bridgehead atoms. The summed E-state index contributed by atoms with van der Waals surface area (Å²) in [4.78, 5) is 11.6. The van der Waals surface area contributed by atoms with Gasteiger partial charge in [0.15, 0.2) is 0 Å². The SMILES string of the molecule is CCCCCCCCC(Cl)C(=O)Oc1ccc(S(=O)(=O)O)cc1.[NaH]. The number of benzene rings is 1. The number of hydrogen-bond donors (Lipinski definition) is 1. The van der Waals surface area contributed by atoms with E-state index in [-0.39, 0.29) is 40.2 Å². The van der Waals surface area contributed by atoms with E-state index >= 15 is 0 Å². The fraction of sp³-hybridized carbons (Fsp3) is 0.562. The maximum atomic E-state index is 11.8. The van der Waals surface area contributed by atoms with Crippen molar-refractivity contribution < 1.29 is 22.5 Å². The van der Waals surface area contributed by atoms with Crippen molar-refractivity contribution in [3.8, 4) is 5.75 Å². The van der Waals surface area contributed by atoms with E-state index in [0.717, 1.165) is 31.4 Å². The Hall–Kier alpha value is -0.110. The molecule has 5 nitrogen and oxygen atoms in total. The quantitative estimate of drug-likeness (QED) is 0.166. The summed E-state index contributed by atoms with van der Waals surface area (Å²) >= 11 is 6.01. The van der Waals surface area contributed by atoms with E-state index < -0.39 is 21.5 Å². The zero-order valence-corrected chi connectivity index (χ0v) is 14.8. The summed E-state index contributed by atoms with van der Waals surface area (Å²) in [6, 6.07) is 4.93. The fourth-order valence-corrected chi connectivity index (χ4v) is 2.76. The van der Waals surface area contributed by atoms with E-state index in [9.17, 15) is 13.2 Å². The van der Waals surface area contributed by atoms with Crippen LogP contribution >= 0.6 is 11.6 Å². The molecule has 0 amide bonds. The van der Waals surface area contributed by atoms with Crippen molar-refractivity contribution in [1.29, 1.82) is 0 Å². The average molecular weight is 387 g/mol. The van der Waals surface area contributed by atoms with Gasteiger partial charge in [-0.1, -0.05) is 45.4 Å². The second-order valence-corrected chi connectivity index (χ2v) is 7.34. The summed E-state index contributed by atoms with van der Waals surface area (Å²) in [5, 5.41) is -0.720. The van der Waals surface area contributed by atoms with Gasteiger partial charge in [-0.25, -0.2) is 0 Å². The molecule has 0 aliphatic heterocycles. The Kier molecular flexibility index (Phi) is 12.2. The second kappa shape index (κ2) is 12.3. The summed E-state index contributed by atoms with van der Waals surface area (Å²) in [6.45, 7) is 2.16. The summed E-state index contributed by atoms with van der Waals surface area (Å²) in [5.74, 6) is -0.365. The Morgan fingerprint density at radius 3 is 2.21 bits per heavy atom. The Balaban J connectivity index is 0.00000529. The van der Waals surface area contributed by atoms with Gasteiger partial charge >= 0.3 is 35.5 Å². The van der Waals surface area contributed by atoms with Crippen molar-refractivity contribution in [2.75, 3.05) is 0 Å². The van der Waals surface area contributed by atoms with Gasteiger partial charge in [-0.05, 0) is 30.7 Å². The molecular formula is C16H24ClNaO5S. The number of alkyl halides is 1. The molecule has 0 aromatic heterocycles. The molecule has 1 unspecified atom stereocenters. The predicted molar refractivity (Wildman–Crippen MR) is 96.7 cm³/mol. The zero-order valence-electron chi connectivity index (χ0n) is 13.2. The van der Waals surface area contributed by atoms with E-state index in [2.05, 4.69) is 6.92 Å². The van der Waals surface area contributed by atoms with Crippen molar-refractivity contribution in [2.45, 2.75) is 62.1 Å². The number of halogens is 1. The van der Waals surface area contributed by atoms with E-state index in [4.69, 9.17) is 20.9 Å². The topological polar surface area (TPSA) is 80.7 Å². The minimum atomic E-state index is -4.25. The van der Waals surface area contributed by atoms with E-state index in [0.29, 0.717) is 6.42 Å². The molecule has 1 aromatic carbocycles. The van der Waals surface area contributed by atoms with Crippen molar-refractivity contribution in [2.24, 2.45) is 0 Å². The number of unbranched alkanes of at least 4 members (excludes halogenated alkanes) is 5. The summed E-state index contributed by atoms with van der Waals surface area (Å²) in [5.41, 5.74) is 0. The van der Waals surface area contributed by atoms with Gasteiger partial charge in [0, 0.05) is 0 Å². The molecule has 1 N–H and O–H groups in total. The van der Waals surface area contributed by atoms with Crippen LogP contribution in [0, 0.1) is 0 Å². The molecule has 1 atom stereocenters. The molecule has 0 saturated carbocycles. The monoisotopic (exact) mass is 386 g/mol. The number of carbonyl (C=O) groups excluding carboxylic acids is 1. The summed E-state index contributed by atoms with van der Waals surface area (Å²) in [6.07, 6.45) is 7.23. The van der Waals surface area contributed by atoms with Crippen molar-refractivity contribution >= 4 is 57.2 Å². The van der Waals surface area contributed by atoms with Gasteiger partial charge < -0.3 is 4.74 Å². The molecule has 0 saturated heterocycles. The third-order valence-electron chi connectivity index (χ3n) is 3.41. The molecule has 24 heavy (non-hydrogen) atoms. The van der Waals surface area contributed by atoms with Gasteiger partial charge in [-0.15, -0.1) is 11.6 Å². The summed E-state index contributed by atoms with van der Waals surface area (Å²) < 4.78 is 35.8. The Bertz CT molecular complexity index is 589.